The van der Waals surface area contributed by atoms with Gasteiger partial charge >= 0.3 is 5.97 Å². The molecule has 1 heterocycles. The molecule has 5 heteroatoms. The SMILES string of the molecule is COc1cc(I)c2c(C(=O)O)c[nH]c2c1. The van der Waals surface area contributed by atoms with Crippen LogP contribution in [0.3, 0.4) is 0 Å². The maximum Gasteiger partial charge on any atom is 0.337 e. The van der Waals surface area contributed by atoms with E-state index >= 15 is 0 Å². The monoisotopic (exact) mass is 317 g/mol. The van der Waals surface area contributed by atoms with Gasteiger partial charge in [-0.1, -0.05) is 0 Å². The van der Waals surface area contributed by atoms with Gasteiger partial charge in [-0.15, -0.1) is 0 Å². The Morgan fingerprint density at radius 1 is 1.53 bits per heavy atom. The van der Waals surface area contributed by atoms with Gasteiger partial charge < -0.3 is 14.8 Å². The number of carbonyl (C=O) groups is 1. The third-order valence-electron chi connectivity index (χ3n) is 2.17. The third-order valence-corrected chi connectivity index (χ3v) is 3.02. The van der Waals surface area contributed by atoms with E-state index in [1.807, 2.05) is 6.07 Å². The Morgan fingerprint density at radius 3 is 2.87 bits per heavy atom. The Bertz CT molecular complexity index is 533. The third kappa shape index (κ3) is 1.67. The van der Waals surface area contributed by atoms with Crippen molar-refractivity contribution in [2.45, 2.75) is 0 Å². The molecule has 0 unspecified atom stereocenters. The fraction of sp³-hybridized carbons (Fsp3) is 0.100. The Labute approximate surface area is 99.4 Å². The highest BCUT2D eigenvalue weighted by atomic mass is 127. The zero-order valence-electron chi connectivity index (χ0n) is 7.87. The number of aromatic amines is 1. The van der Waals surface area contributed by atoms with Crippen LogP contribution in [0.2, 0.25) is 0 Å². The summed E-state index contributed by atoms with van der Waals surface area (Å²) in [5.74, 6) is -0.213. The van der Waals surface area contributed by atoms with Crippen LogP contribution in [-0.2, 0) is 0 Å². The number of rotatable bonds is 2. The van der Waals surface area contributed by atoms with Crippen molar-refractivity contribution in [1.82, 2.24) is 4.98 Å². The molecule has 78 valence electrons. The first-order valence-corrected chi connectivity index (χ1v) is 5.29. The van der Waals surface area contributed by atoms with Crippen molar-refractivity contribution < 1.29 is 14.6 Å². The van der Waals surface area contributed by atoms with Crippen molar-refractivity contribution in [3.63, 3.8) is 0 Å². The molecule has 2 aromatic rings. The molecule has 0 amide bonds. The number of hydrogen-bond acceptors (Lipinski definition) is 2. The average molecular weight is 317 g/mol. The molecule has 1 aromatic heterocycles. The standard InChI is InChI=1S/C10H8INO3/c1-15-5-2-7(11)9-6(10(13)14)4-12-8(9)3-5/h2-4,12H,1H3,(H,13,14). The number of methoxy groups -OCH3 is 1. The molecule has 2 N–H and O–H groups in total. The molecule has 0 aliphatic heterocycles. The topological polar surface area (TPSA) is 62.3 Å². The lowest BCUT2D eigenvalue weighted by Crippen LogP contribution is -1.95. The summed E-state index contributed by atoms with van der Waals surface area (Å²) in [7, 11) is 1.58. The number of carboxylic acid groups (broad SMARTS) is 1. The van der Waals surface area contributed by atoms with Gasteiger partial charge in [0.05, 0.1) is 18.2 Å². The number of aromatic carboxylic acids is 1. The molecule has 0 aliphatic carbocycles. The molecular formula is C10H8INO3. The van der Waals surface area contributed by atoms with Gasteiger partial charge in [-0.05, 0) is 28.7 Å². The van der Waals surface area contributed by atoms with Crippen molar-refractivity contribution >= 4 is 39.5 Å². The Balaban J connectivity index is 2.77. The summed E-state index contributed by atoms with van der Waals surface area (Å²) >= 11 is 2.10. The summed E-state index contributed by atoms with van der Waals surface area (Å²) in [6.45, 7) is 0. The van der Waals surface area contributed by atoms with Crippen molar-refractivity contribution in [2.24, 2.45) is 0 Å². The van der Waals surface area contributed by atoms with Gasteiger partial charge in [0.1, 0.15) is 5.75 Å². The first-order chi connectivity index (χ1) is 7.13. The summed E-state index contributed by atoms with van der Waals surface area (Å²) < 4.78 is 5.96. The molecular weight excluding hydrogens is 309 g/mol. The van der Waals surface area contributed by atoms with Crippen LogP contribution < -0.4 is 4.74 Å². The molecule has 0 fully saturated rings. The van der Waals surface area contributed by atoms with Crippen LogP contribution >= 0.6 is 22.6 Å². The minimum atomic E-state index is -0.927. The summed E-state index contributed by atoms with van der Waals surface area (Å²) in [6.07, 6.45) is 1.49. The van der Waals surface area contributed by atoms with E-state index in [1.165, 1.54) is 6.20 Å². The van der Waals surface area contributed by atoms with Gasteiger partial charge in [-0.2, -0.15) is 0 Å². The van der Waals surface area contributed by atoms with Crippen LogP contribution in [0.15, 0.2) is 18.3 Å². The van der Waals surface area contributed by atoms with Crippen LogP contribution in [0.5, 0.6) is 5.75 Å². The van der Waals surface area contributed by atoms with Crippen LogP contribution in [0.1, 0.15) is 10.4 Å². The molecule has 0 atom stereocenters. The van der Waals surface area contributed by atoms with Gasteiger partial charge in [0.25, 0.3) is 0 Å². The molecule has 1 aromatic carbocycles. The number of nitrogens with one attached hydrogen (secondary N) is 1. The van der Waals surface area contributed by atoms with E-state index in [2.05, 4.69) is 27.6 Å². The fourth-order valence-electron chi connectivity index (χ4n) is 1.48. The minimum absolute atomic E-state index is 0.289. The molecule has 4 nitrogen and oxygen atoms in total. The number of aromatic nitrogens is 1. The number of ether oxygens (including phenoxy) is 1. The van der Waals surface area contributed by atoms with E-state index in [0.717, 1.165) is 14.5 Å². The maximum absolute atomic E-state index is 10.9. The van der Waals surface area contributed by atoms with Gasteiger partial charge in [0, 0.05) is 21.2 Å². The normalized spacial score (nSPS) is 10.5. The molecule has 15 heavy (non-hydrogen) atoms. The molecule has 0 radical (unpaired) electrons. The number of fused-ring (bicyclic) bond motifs is 1. The van der Waals surface area contributed by atoms with Gasteiger partial charge in [-0.25, -0.2) is 4.79 Å². The summed E-state index contributed by atoms with van der Waals surface area (Å²) in [5, 5.41) is 9.69. The number of hydrogen-bond donors (Lipinski definition) is 2. The lowest BCUT2D eigenvalue weighted by atomic mass is 10.2. The summed E-state index contributed by atoms with van der Waals surface area (Å²) in [5.41, 5.74) is 1.06. The predicted molar refractivity (Wildman–Crippen MR) is 64.5 cm³/mol. The first-order valence-electron chi connectivity index (χ1n) is 4.21. The second kappa shape index (κ2) is 3.73. The molecule has 2 rings (SSSR count). The predicted octanol–water partition coefficient (Wildman–Crippen LogP) is 2.48. The van der Waals surface area contributed by atoms with E-state index < -0.39 is 5.97 Å². The second-order valence-corrected chi connectivity index (χ2v) is 4.20. The highest BCUT2D eigenvalue weighted by Gasteiger charge is 2.14. The molecule has 0 aliphatic rings. The van der Waals surface area contributed by atoms with E-state index in [1.54, 1.807) is 13.2 Å². The summed E-state index contributed by atoms with van der Waals surface area (Å²) in [6, 6.07) is 3.59. The smallest absolute Gasteiger partial charge is 0.337 e. The molecule has 0 bridgehead atoms. The van der Waals surface area contributed by atoms with Gasteiger partial charge in [0.15, 0.2) is 0 Å². The van der Waals surface area contributed by atoms with Gasteiger partial charge in [0.2, 0.25) is 0 Å². The summed E-state index contributed by atoms with van der Waals surface area (Å²) in [4.78, 5) is 13.8. The van der Waals surface area contributed by atoms with Gasteiger partial charge in [-0.3, -0.25) is 0 Å². The van der Waals surface area contributed by atoms with Crippen LogP contribution in [-0.4, -0.2) is 23.2 Å². The average Bonchev–Trinajstić information content (AvgIpc) is 2.61. The Hall–Kier alpha value is -1.24. The maximum atomic E-state index is 10.9. The number of carboxylic acids is 1. The van der Waals surface area contributed by atoms with E-state index in [-0.39, 0.29) is 5.56 Å². The van der Waals surface area contributed by atoms with E-state index in [4.69, 9.17) is 9.84 Å². The van der Waals surface area contributed by atoms with Crippen molar-refractivity contribution in [3.8, 4) is 5.75 Å². The second-order valence-electron chi connectivity index (χ2n) is 3.04. The van der Waals surface area contributed by atoms with Crippen molar-refractivity contribution in [3.05, 3.63) is 27.5 Å². The largest absolute Gasteiger partial charge is 0.497 e. The quantitative estimate of drug-likeness (QED) is 0.837. The number of H-pyrrole nitrogens is 1. The van der Waals surface area contributed by atoms with Crippen molar-refractivity contribution in [2.75, 3.05) is 7.11 Å². The zero-order valence-corrected chi connectivity index (χ0v) is 10.0. The van der Waals surface area contributed by atoms with Crippen LogP contribution in [0.25, 0.3) is 10.9 Å². The van der Waals surface area contributed by atoms with E-state index in [0.29, 0.717) is 5.75 Å². The zero-order chi connectivity index (χ0) is 11.0. The molecule has 0 saturated heterocycles. The number of benzene rings is 1. The lowest BCUT2D eigenvalue weighted by Gasteiger charge is -2.02. The minimum Gasteiger partial charge on any atom is -0.497 e. The number of halogens is 1. The van der Waals surface area contributed by atoms with E-state index in [9.17, 15) is 4.79 Å². The Morgan fingerprint density at radius 2 is 2.27 bits per heavy atom. The van der Waals surface area contributed by atoms with Crippen LogP contribution in [0, 0.1) is 3.57 Å². The highest BCUT2D eigenvalue weighted by molar-refractivity contribution is 14.1. The Kier molecular flexibility index (Phi) is 2.56. The fourth-order valence-corrected chi connectivity index (χ4v) is 2.37. The first kappa shape index (κ1) is 10.3. The molecule has 0 saturated carbocycles. The van der Waals surface area contributed by atoms with Crippen molar-refractivity contribution in [1.29, 1.82) is 0 Å². The lowest BCUT2D eigenvalue weighted by molar-refractivity contribution is 0.0699. The van der Waals surface area contributed by atoms with Crippen LogP contribution in [0.4, 0.5) is 0 Å². The molecule has 0 spiro atoms. The highest BCUT2D eigenvalue weighted by Crippen LogP contribution is 2.28.